The number of nitrogens with zero attached hydrogens (tertiary/aromatic N) is 2. The van der Waals surface area contributed by atoms with Crippen LogP contribution in [0.5, 0.6) is 0 Å². The minimum Gasteiger partial charge on any atom is -0.363 e. The van der Waals surface area contributed by atoms with Crippen LogP contribution in [0.15, 0.2) is 55.1 Å². The van der Waals surface area contributed by atoms with Crippen molar-refractivity contribution in [2.75, 3.05) is 11.4 Å². The Morgan fingerprint density at radius 3 is 2.58 bits per heavy atom. The molecule has 0 atom stereocenters. The van der Waals surface area contributed by atoms with Gasteiger partial charge in [0.1, 0.15) is 0 Å². The van der Waals surface area contributed by atoms with Crippen molar-refractivity contribution in [2.45, 2.75) is 13.5 Å². The second kappa shape index (κ2) is 6.14. The SMILES string of the molecule is C=CCN(Cc1ccc(F)nc1C)c1ccccc1. The summed E-state index contributed by atoms with van der Waals surface area (Å²) in [5.41, 5.74) is 2.86. The van der Waals surface area contributed by atoms with Crippen LogP contribution < -0.4 is 4.90 Å². The van der Waals surface area contributed by atoms with E-state index in [4.69, 9.17) is 0 Å². The van der Waals surface area contributed by atoms with Crippen molar-refractivity contribution >= 4 is 5.69 Å². The van der Waals surface area contributed by atoms with E-state index in [1.807, 2.05) is 31.2 Å². The van der Waals surface area contributed by atoms with Gasteiger partial charge in [0.2, 0.25) is 5.95 Å². The van der Waals surface area contributed by atoms with Gasteiger partial charge in [-0.2, -0.15) is 4.39 Å². The molecule has 0 aliphatic carbocycles. The molecule has 98 valence electrons. The van der Waals surface area contributed by atoms with Gasteiger partial charge < -0.3 is 4.90 Å². The van der Waals surface area contributed by atoms with Gasteiger partial charge in [-0.1, -0.05) is 30.3 Å². The number of anilines is 1. The molecular formula is C16H17FN2. The van der Waals surface area contributed by atoms with Gasteiger partial charge in [-0.05, 0) is 30.7 Å². The minimum absolute atomic E-state index is 0.434. The average Bonchev–Trinajstić information content (AvgIpc) is 2.42. The highest BCUT2D eigenvalue weighted by molar-refractivity contribution is 5.47. The van der Waals surface area contributed by atoms with E-state index in [0.717, 1.165) is 23.5 Å². The monoisotopic (exact) mass is 256 g/mol. The summed E-state index contributed by atoms with van der Waals surface area (Å²) in [6.07, 6.45) is 1.86. The van der Waals surface area contributed by atoms with E-state index in [9.17, 15) is 4.39 Å². The summed E-state index contributed by atoms with van der Waals surface area (Å²) >= 11 is 0. The van der Waals surface area contributed by atoms with Gasteiger partial charge in [0, 0.05) is 24.5 Å². The lowest BCUT2D eigenvalue weighted by atomic mass is 10.1. The zero-order valence-corrected chi connectivity index (χ0v) is 11.0. The number of hydrogen-bond donors (Lipinski definition) is 0. The van der Waals surface area contributed by atoms with Gasteiger partial charge in [-0.25, -0.2) is 4.98 Å². The Morgan fingerprint density at radius 1 is 1.21 bits per heavy atom. The third kappa shape index (κ3) is 3.41. The Hall–Kier alpha value is -2.16. The molecule has 0 fully saturated rings. The van der Waals surface area contributed by atoms with Crippen molar-refractivity contribution in [3.63, 3.8) is 0 Å². The van der Waals surface area contributed by atoms with E-state index >= 15 is 0 Å². The summed E-state index contributed by atoms with van der Waals surface area (Å²) in [5.74, 6) is -0.434. The Kier molecular flexibility index (Phi) is 4.29. The van der Waals surface area contributed by atoms with Crippen molar-refractivity contribution in [1.29, 1.82) is 0 Å². The quantitative estimate of drug-likeness (QED) is 0.598. The zero-order chi connectivity index (χ0) is 13.7. The number of aromatic nitrogens is 1. The lowest BCUT2D eigenvalue weighted by molar-refractivity contribution is 0.577. The van der Waals surface area contributed by atoms with E-state index in [2.05, 4.69) is 28.6 Å². The summed E-state index contributed by atoms with van der Waals surface area (Å²) < 4.78 is 13.0. The Bertz CT molecular complexity index is 552. The normalized spacial score (nSPS) is 10.2. The molecule has 0 radical (unpaired) electrons. The van der Waals surface area contributed by atoms with E-state index in [1.54, 1.807) is 6.07 Å². The molecule has 2 nitrogen and oxygen atoms in total. The lowest BCUT2D eigenvalue weighted by Crippen LogP contribution is -2.23. The van der Waals surface area contributed by atoms with Gasteiger partial charge in [-0.3, -0.25) is 0 Å². The van der Waals surface area contributed by atoms with Crippen LogP contribution in [0.3, 0.4) is 0 Å². The highest BCUT2D eigenvalue weighted by Crippen LogP contribution is 2.18. The number of para-hydroxylation sites is 1. The highest BCUT2D eigenvalue weighted by atomic mass is 19.1. The maximum absolute atomic E-state index is 13.0. The van der Waals surface area contributed by atoms with Crippen LogP contribution in [0, 0.1) is 12.9 Å². The summed E-state index contributed by atoms with van der Waals surface area (Å²) in [4.78, 5) is 6.04. The van der Waals surface area contributed by atoms with Gasteiger partial charge in [0.05, 0.1) is 0 Å². The fourth-order valence-electron chi connectivity index (χ4n) is 1.99. The predicted molar refractivity (Wildman–Crippen MR) is 76.6 cm³/mol. The van der Waals surface area contributed by atoms with Gasteiger partial charge in [0.25, 0.3) is 0 Å². The first kappa shape index (κ1) is 13.3. The van der Waals surface area contributed by atoms with E-state index in [-0.39, 0.29) is 0 Å². The van der Waals surface area contributed by atoms with Crippen LogP contribution in [-0.2, 0) is 6.54 Å². The third-order valence-corrected chi connectivity index (χ3v) is 2.99. The van der Waals surface area contributed by atoms with E-state index in [1.165, 1.54) is 6.07 Å². The molecule has 2 aromatic rings. The molecule has 0 saturated heterocycles. The number of rotatable bonds is 5. The molecule has 0 aliphatic rings. The van der Waals surface area contributed by atoms with Crippen molar-refractivity contribution in [3.05, 3.63) is 72.3 Å². The van der Waals surface area contributed by atoms with Gasteiger partial charge in [-0.15, -0.1) is 6.58 Å². The first-order valence-electron chi connectivity index (χ1n) is 6.23. The molecule has 1 aromatic carbocycles. The van der Waals surface area contributed by atoms with Crippen LogP contribution in [0.25, 0.3) is 0 Å². The number of aryl methyl sites for hydroxylation is 1. The van der Waals surface area contributed by atoms with Crippen molar-refractivity contribution < 1.29 is 4.39 Å². The standard InChI is InChI=1S/C16H17FN2/c1-3-11-19(15-7-5-4-6-8-15)12-14-9-10-16(17)18-13(14)2/h3-10H,1,11-12H2,2H3. The average molecular weight is 256 g/mol. The lowest BCUT2D eigenvalue weighted by Gasteiger charge is -2.24. The molecular weight excluding hydrogens is 239 g/mol. The van der Waals surface area contributed by atoms with Gasteiger partial charge in [0.15, 0.2) is 0 Å². The third-order valence-electron chi connectivity index (χ3n) is 2.99. The van der Waals surface area contributed by atoms with Crippen LogP contribution >= 0.6 is 0 Å². The number of halogens is 1. The largest absolute Gasteiger partial charge is 0.363 e. The second-order valence-corrected chi connectivity index (χ2v) is 4.38. The molecule has 0 N–H and O–H groups in total. The van der Waals surface area contributed by atoms with Crippen LogP contribution in [-0.4, -0.2) is 11.5 Å². The summed E-state index contributed by atoms with van der Waals surface area (Å²) in [6.45, 7) is 7.04. The zero-order valence-electron chi connectivity index (χ0n) is 11.0. The molecule has 0 bridgehead atoms. The molecule has 0 spiro atoms. The molecule has 19 heavy (non-hydrogen) atoms. The second-order valence-electron chi connectivity index (χ2n) is 4.38. The molecule has 3 heteroatoms. The maximum Gasteiger partial charge on any atom is 0.213 e. The topological polar surface area (TPSA) is 16.1 Å². The van der Waals surface area contributed by atoms with Crippen LogP contribution in [0.2, 0.25) is 0 Å². The Labute approximate surface area is 113 Å². The summed E-state index contributed by atoms with van der Waals surface area (Å²) in [7, 11) is 0. The molecule has 1 aromatic heterocycles. The Balaban J connectivity index is 2.24. The van der Waals surface area contributed by atoms with Crippen LogP contribution in [0.1, 0.15) is 11.3 Å². The molecule has 0 amide bonds. The number of pyridine rings is 1. The first-order chi connectivity index (χ1) is 9.20. The molecule has 0 saturated carbocycles. The number of hydrogen-bond acceptors (Lipinski definition) is 2. The van der Waals surface area contributed by atoms with Crippen molar-refractivity contribution in [2.24, 2.45) is 0 Å². The van der Waals surface area contributed by atoms with E-state index in [0.29, 0.717) is 6.54 Å². The van der Waals surface area contributed by atoms with E-state index < -0.39 is 5.95 Å². The molecule has 1 heterocycles. The first-order valence-corrected chi connectivity index (χ1v) is 6.23. The smallest absolute Gasteiger partial charge is 0.213 e. The van der Waals surface area contributed by atoms with Crippen molar-refractivity contribution in [3.8, 4) is 0 Å². The molecule has 2 rings (SSSR count). The fraction of sp³-hybridized carbons (Fsp3) is 0.188. The number of benzene rings is 1. The maximum atomic E-state index is 13.0. The fourth-order valence-corrected chi connectivity index (χ4v) is 1.99. The minimum atomic E-state index is -0.434. The Morgan fingerprint density at radius 2 is 1.95 bits per heavy atom. The molecule has 0 unspecified atom stereocenters. The van der Waals surface area contributed by atoms with Gasteiger partial charge >= 0.3 is 0 Å². The molecule has 0 aliphatic heterocycles. The van der Waals surface area contributed by atoms with Crippen LogP contribution in [0.4, 0.5) is 10.1 Å². The summed E-state index contributed by atoms with van der Waals surface area (Å²) in [5, 5.41) is 0. The highest BCUT2D eigenvalue weighted by Gasteiger charge is 2.08. The summed E-state index contributed by atoms with van der Waals surface area (Å²) in [6, 6.07) is 13.3. The predicted octanol–water partition coefficient (Wildman–Crippen LogP) is 3.72. The van der Waals surface area contributed by atoms with Crippen molar-refractivity contribution in [1.82, 2.24) is 4.98 Å².